The van der Waals surface area contributed by atoms with Gasteiger partial charge in [0.2, 0.25) is 0 Å². The second-order valence-corrected chi connectivity index (χ2v) is 4.61. The quantitative estimate of drug-likeness (QED) is 0.660. The van der Waals surface area contributed by atoms with Crippen molar-refractivity contribution in [1.82, 2.24) is 9.97 Å². The number of nitrogens with zero attached hydrogens (tertiary/aromatic N) is 2. The SMILES string of the molecule is N=C(N)c1ccnc(Sc2ncccc2Cl)c1. The molecule has 0 radical (unpaired) electrons. The smallest absolute Gasteiger partial charge is 0.122 e. The van der Waals surface area contributed by atoms with E-state index in [1.54, 1.807) is 36.7 Å². The maximum Gasteiger partial charge on any atom is 0.122 e. The summed E-state index contributed by atoms with van der Waals surface area (Å²) >= 11 is 7.34. The lowest BCUT2D eigenvalue weighted by Crippen LogP contribution is -2.10. The van der Waals surface area contributed by atoms with Crippen molar-refractivity contribution in [3.05, 3.63) is 47.2 Å². The van der Waals surface area contributed by atoms with Crippen LogP contribution in [0.4, 0.5) is 0 Å². The van der Waals surface area contributed by atoms with Crippen molar-refractivity contribution < 1.29 is 0 Å². The summed E-state index contributed by atoms with van der Waals surface area (Å²) in [6.45, 7) is 0. The molecule has 0 amide bonds. The van der Waals surface area contributed by atoms with E-state index in [2.05, 4.69) is 9.97 Å². The van der Waals surface area contributed by atoms with E-state index in [1.807, 2.05) is 0 Å². The standard InChI is InChI=1S/C11H9ClN4S/c12-8-2-1-4-16-11(8)17-9-6-7(10(13)14)3-5-15-9/h1-6H,(H3,13,14). The average molecular weight is 265 g/mol. The van der Waals surface area contributed by atoms with Crippen LogP contribution in [-0.4, -0.2) is 15.8 Å². The number of amidine groups is 1. The molecule has 0 bridgehead atoms. The van der Waals surface area contributed by atoms with Crippen molar-refractivity contribution in [2.75, 3.05) is 0 Å². The summed E-state index contributed by atoms with van der Waals surface area (Å²) < 4.78 is 0. The fourth-order valence-corrected chi connectivity index (χ4v) is 2.19. The summed E-state index contributed by atoms with van der Waals surface area (Å²) in [5.41, 5.74) is 6.04. The van der Waals surface area contributed by atoms with Gasteiger partial charge < -0.3 is 5.73 Å². The van der Waals surface area contributed by atoms with E-state index in [1.165, 1.54) is 11.8 Å². The van der Waals surface area contributed by atoms with Crippen LogP contribution in [0, 0.1) is 5.41 Å². The molecule has 0 atom stereocenters. The number of pyridine rings is 2. The zero-order valence-corrected chi connectivity index (χ0v) is 10.3. The second-order valence-electron chi connectivity index (χ2n) is 3.19. The van der Waals surface area contributed by atoms with Crippen LogP contribution >= 0.6 is 23.4 Å². The number of halogens is 1. The molecule has 0 fully saturated rings. The van der Waals surface area contributed by atoms with Crippen molar-refractivity contribution in [1.29, 1.82) is 5.41 Å². The fourth-order valence-electron chi connectivity index (χ4n) is 1.18. The Morgan fingerprint density at radius 1 is 1.29 bits per heavy atom. The van der Waals surface area contributed by atoms with Gasteiger partial charge in [-0.05, 0) is 36.0 Å². The van der Waals surface area contributed by atoms with Crippen molar-refractivity contribution in [3.63, 3.8) is 0 Å². The Morgan fingerprint density at radius 3 is 2.82 bits per heavy atom. The molecule has 0 unspecified atom stereocenters. The third-order valence-corrected chi connectivity index (χ3v) is 3.34. The van der Waals surface area contributed by atoms with Crippen molar-refractivity contribution in [2.24, 2.45) is 5.73 Å². The third-order valence-electron chi connectivity index (χ3n) is 1.97. The molecule has 6 heteroatoms. The molecule has 0 saturated heterocycles. The maximum atomic E-state index is 7.35. The summed E-state index contributed by atoms with van der Waals surface area (Å²) in [6.07, 6.45) is 3.28. The molecule has 3 N–H and O–H groups in total. The number of hydrogen-bond acceptors (Lipinski definition) is 4. The van der Waals surface area contributed by atoms with Crippen LogP contribution in [0.1, 0.15) is 5.56 Å². The molecule has 0 spiro atoms. The Balaban J connectivity index is 2.28. The lowest BCUT2D eigenvalue weighted by molar-refractivity contribution is 1.09. The molecule has 2 aromatic heterocycles. The van der Waals surface area contributed by atoms with E-state index in [0.717, 1.165) is 0 Å². The first-order valence-corrected chi connectivity index (χ1v) is 5.95. The van der Waals surface area contributed by atoms with Gasteiger partial charge >= 0.3 is 0 Å². The van der Waals surface area contributed by atoms with Gasteiger partial charge in [0, 0.05) is 18.0 Å². The molecule has 0 aliphatic heterocycles. The van der Waals surface area contributed by atoms with E-state index >= 15 is 0 Å². The first kappa shape index (κ1) is 11.9. The Labute approximate surface area is 108 Å². The van der Waals surface area contributed by atoms with Crippen LogP contribution in [0.3, 0.4) is 0 Å². The minimum atomic E-state index is 0.0152. The topological polar surface area (TPSA) is 75.7 Å². The summed E-state index contributed by atoms with van der Waals surface area (Å²) in [7, 11) is 0. The number of nitrogens with one attached hydrogen (secondary N) is 1. The Hall–Kier alpha value is -1.59. The Bertz CT molecular complexity index is 559. The van der Waals surface area contributed by atoms with Gasteiger partial charge in [-0.2, -0.15) is 0 Å². The van der Waals surface area contributed by atoms with Gasteiger partial charge in [-0.1, -0.05) is 11.6 Å². The van der Waals surface area contributed by atoms with E-state index in [-0.39, 0.29) is 5.84 Å². The normalized spacial score (nSPS) is 10.2. The van der Waals surface area contributed by atoms with Gasteiger partial charge in [0.25, 0.3) is 0 Å². The highest BCUT2D eigenvalue weighted by Crippen LogP contribution is 2.29. The monoisotopic (exact) mass is 264 g/mol. The highest BCUT2D eigenvalue weighted by atomic mass is 35.5. The molecule has 0 aromatic carbocycles. The van der Waals surface area contributed by atoms with E-state index in [9.17, 15) is 0 Å². The number of rotatable bonds is 3. The van der Waals surface area contributed by atoms with E-state index in [0.29, 0.717) is 20.6 Å². The van der Waals surface area contributed by atoms with Crippen LogP contribution in [-0.2, 0) is 0 Å². The Morgan fingerprint density at radius 2 is 2.12 bits per heavy atom. The predicted molar refractivity (Wildman–Crippen MR) is 68.6 cm³/mol. The van der Waals surface area contributed by atoms with Gasteiger partial charge in [-0.25, -0.2) is 9.97 Å². The molecule has 86 valence electrons. The molecule has 0 aliphatic carbocycles. The zero-order chi connectivity index (χ0) is 12.3. The molecule has 0 aliphatic rings. The van der Waals surface area contributed by atoms with Gasteiger partial charge in [0.15, 0.2) is 0 Å². The lowest BCUT2D eigenvalue weighted by Gasteiger charge is -2.03. The Kier molecular flexibility index (Phi) is 3.61. The molecular formula is C11H9ClN4S. The lowest BCUT2D eigenvalue weighted by atomic mass is 10.2. The predicted octanol–water partition coefficient (Wildman–Crippen LogP) is 2.57. The summed E-state index contributed by atoms with van der Waals surface area (Å²) in [5.74, 6) is 0.0152. The van der Waals surface area contributed by atoms with Crippen molar-refractivity contribution in [2.45, 2.75) is 10.1 Å². The highest BCUT2D eigenvalue weighted by Gasteiger charge is 2.06. The van der Waals surface area contributed by atoms with Crippen molar-refractivity contribution >= 4 is 29.2 Å². The van der Waals surface area contributed by atoms with Gasteiger partial charge in [0.05, 0.1) is 5.02 Å². The number of aromatic nitrogens is 2. The van der Waals surface area contributed by atoms with Gasteiger partial charge in [0.1, 0.15) is 15.9 Å². The third kappa shape index (κ3) is 2.95. The molecule has 4 nitrogen and oxygen atoms in total. The van der Waals surface area contributed by atoms with Crippen LogP contribution in [0.5, 0.6) is 0 Å². The molecule has 17 heavy (non-hydrogen) atoms. The number of hydrogen-bond donors (Lipinski definition) is 2. The van der Waals surface area contributed by atoms with E-state index in [4.69, 9.17) is 22.7 Å². The fraction of sp³-hybridized carbons (Fsp3) is 0. The molecular weight excluding hydrogens is 256 g/mol. The highest BCUT2D eigenvalue weighted by molar-refractivity contribution is 7.99. The molecule has 2 heterocycles. The molecule has 0 saturated carbocycles. The number of nitrogens with two attached hydrogens (primary N) is 1. The van der Waals surface area contributed by atoms with Crippen LogP contribution in [0.25, 0.3) is 0 Å². The van der Waals surface area contributed by atoms with Crippen LogP contribution in [0.2, 0.25) is 5.02 Å². The zero-order valence-electron chi connectivity index (χ0n) is 8.72. The molecule has 2 aromatic rings. The van der Waals surface area contributed by atoms with Crippen LogP contribution < -0.4 is 5.73 Å². The largest absolute Gasteiger partial charge is 0.384 e. The minimum Gasteiger partial charge on any atom is -0.384 e. The summed E-state index contributed by atoms with van der Waals surface area (Å²) in [5, 5.41) is 9.32. The minimum absolute atomic E-state index is 0.0152. The average Bonchev–Trinajstić information content (AvgIpc) is 2.32. The first-order chi connectivity index (χ1) is 8.16. The first-order valence-electron chi connectivity index (χ1n) is 4.75. The second kappa shape index (κ2) is 5.16. The van der Waals surface area contributed by atoms with Crippen molar-refractivity contribution in [3.8, 4) is 0 Å². The summed E-state index contributed by atoms with van der Waals surface area (Å²) in [6, 6.07) is 6.96. The summed E-state index contributed by atoms with van der Waals surface area (Å²) in [4.78, 5) is 8.32. The van der Waals surface area contributed by atoms with Crippen LogP contribution in [0.15, 0.2) is 46.7 Å². The number of nitrogen functional groups attached to an aromatic ring is 1. The van der Waals surface area contributed by atoms with E-state index < -0.39 is 0 Å². The maximum absolute atomic E-state index is 7.35. The van der Waals surface area contributed by atoms with Gasteiger partial charge in [-0.3, -0.25) is 5.41 Å². The van der Waals surface area contributed by atoms with Gasteiger partial charge in [-0.15, -0.1) is 0 Å². The molecule has 2 rings (SSSR count).